The third kappa shape index (κ3) is 16.3. The van der Waals surface area contributed by atoms with Gasteiger partial charge in [0.25, 0.3) is 0 Å². The monoisotopic (exact) mass is 504 g/mol. The Morgan fingerprint density at radius 3 is 1.86 bits per heavy atom. The summed E-state index contributed by atoms with van der Waals surface area (Å²) in [7, 11) is 2.31. The summed E-state index contributed by atoms with van der Waals surface area (Å²) in [6.45, 7) is 10.6. The first-order valence-electron chi connectivity index (χ1n) is 11.4. The molecule has 0 aromatic heterocycles. The average Bonchev–Trinajstić information content (AvgIpc) is 2.72. The molecule has 0 aliphatic carbocycles. The van der Waals surface area contributed by atoms with Gasteiger partial charge in [0.1, 0.15) is 17.2 Å². The summed E-state index contributed by atoms with van der Waals surface area (Å²) in [4.78, 5) is 60.1. The van der Waals surface area contributed by atoms with Gasteiger partial charge in [-0.2, -0.15) is 0 Å². The van der Waals surface area contributed by atoms with Crippen LogP contribution in [-0.2, 0) is 38.1 Å². The predicted octanol–water partition coefficient (Wildman–Crippen LogP) is 2.61. The summed E-state index contributed by atoms with van der Waals surface area (Å²) in [5, 5.41) is 5.03. The van der Waals surface area contributed by atoms with E-state index < -0.39 is 53.4 Å². The molecule has 0 aromatic carbocycles. The maximum atomic E-state index is 12.6. The molecule has 0 aromatic rings. The summed E-state index contributed by atoms with van der Waals surface area (Å²) in [6.07, 6.45) is -2.16. The summed E-state index contributed by atoms with van der Waals surface area (Å²) >= 11 is 0. The van der Waals surface area contributed by atoms with Gasteiger partial charge >= 0.3 is 30.1 Å². The standard InChI is InChI=1S/C23H40N2O10/c1-22(2,3)34-18(27)15(11-9-10-14-24-20(29)35-23(4,5)6)25-21(30)33-16(19(28)32-8)12-13-17(26)31-7/h15-16H,9-14H2,1-8H3,(H,24,29)(H,25,30). The Hall–Kier alpha value is -3.05. The lowest BCUT2D eigenvalue weighted by atomic mass is 10.1. The number of alkyl carbamates (subject to hydrolysis) is 2. The fourth-order valence-corrected chi connectivity index (χ4v) is 2.61. The number of methoxy groups -OCH3 is 2. The molecule has 0 saturated heterocycles. The van der Waals surface area contributed by atoms with Crippen LogP contribution in [0.25, 0.3) is 0 Å². The predicted molar refractivity (Wildman–Crippen MR) is 124 cm³/mol. The molecule has 35 heavy (non-hydrogen) atoms. The Morgan fingerprint density at radius 1 is 0.743 bits per heavy atom. The first kappa shape index (κ1) is 31.9. The van der Waals surface area contributed by atoms with Gasteiger partial charge in [0.05, 0.1) is 14.2 Å². The minimum absolute atomic E-state index is 0.153. The quantitative estimate of drug-likeness (QED) is 0.230. The van der Waals surface area contributed by atoms with Crippen molar-refractivity contribution < 1.29 is 47.7 Å². The van der Waals surface area contributed by atoms with Crippen molar-refractivity contribution in [1.82, 2.24) is 10.6 Å². The number of hydrogen-bond acceptors (Lipinski definition) is 10. The molecule has 0 heterocycles. The van der Waals surface area contributed by atoms with E-state index >= 15 is 0 Å². The number of nitrogens with one attached hydrogen (secondary N) is 2. The van der Waals surface area contributed by atoms with Crippen molar-refractivity contribution >= 4 is 30.1 Å². The van der Waals surface area contributed by atoms with E-state index in [-0.39, 0.29) is 19.3 Å². The lowest BCUT2D eigenvalue weighted by molar-refractivity contribution is -0.157. The minimum Gasteiger partial charge on any atom is -0.469 e. The smallest absolute Gasteiger partial charge is 0.408 e. The van der Waals surface area contributed by atoms with Gasteiger partial charge < -0.3 is 34.3 Å². The molecule has 0 aliphatic heterocycles. The Bertz CT molecular complexity index is 725. The fourth-order valence-electron chi connectivity index (χ4n) is 2.61. The maximum Gasteiger partial charge on any atom is 0.408 e. The number of carbonyl (C=O) groups is 5. The molecule has 12 nitrogen and oxygen atoms in total. The van der Waals surface area contributed by atoms with E-state index in [1.807, 2.05) is 0 Å². The highest BCUT2D eigenvalue weighted by atomic mass is 16.6. The van der Waals surface area contributed by atoms with E-state index in [4.69, 9.17) is 14.2 Å². The zero-order valence-electron chi connectivity index (χ0n) is 22.0. The Labute approximate surface area is 206 Å². The lowest BCUT2D eigenvalue weighted by Gasteiger charge is -2.25. The second-order valence-corrected chi connectivity index (χ2v) is 9.69. The molecule has 12 heteroatoms. The molecule has 0 bridgehead atoms. The Morgan fingerprint density at radius 2 is 1.34 bits per heavy atom. The van der Waals surface area contributed by atoms with Gasteiger partial charge in [-0.25, -0.2) is 19.2 Å². The lowest BCUT2D eigenvalue weighted by Crippen LogP contribution is -2.46. The highest BCUT2D eigenvalue weighted by molar-refractivity contribution is 5.83. The molecule has 0 radical (unpaired) electrons. The Balaban J connectivity index is 5.00. The second kappa shape index (κ2) is 15.0. The summed E-state index contributed by atoms with van der Waals surface area (Å²) in [5.41, 5.74) is -1.41. The number of amides is 2. The van der Waals surface area contributed by atoms with Gasteiger partial charge in [-0.3, -0.25) is 4.79 Å². The summed E-state index contributed by atoms with van der Waals surface area (Å²) in [5.74, 6) is -2.13. The van der Waals surface area contributed by atoms with E-state index in [0.29, 0.717) is 19.4 Å². The van der Waals surface area contributed by atoms with Gasteiger partial charge in [-0.15, -0.1) is 0 Å². The topological polar surface area (TPSA) is 156 Å². The van der Waals surface area contributed by atoms with Crippen molar-refractivity contribution in [3.05, 3.63) is 0 Å². The van der Waals surface area contributed by atoms with Crippen LogP contribution in [-0.4, -0.2) is 74.2 Å². The molecule has 0 saturated carbocycles. The van der Waals surface area contributed by atoms with Crippen molar-refractivity contribution in [1.29, 1.82) is 0 Å². The van der Waals surface area contributed by atoms with E-state index in [1.54, 1.807) is 41.5 Å². The number of unbranched alkanes of at least 4 members (excludes halogenated alkanes) is 1. The highest BCUT2D eigenvalue weighted by Crippen LogP contribution is 2.13. The summed E-state index contributed by atoms with van der Waals surface area (Å²) < 4.78 is 24.7. The zero-order chi connectivity index (χ0) is 27.2. The molecular formula is C23H40N2O10. The van der Waals surface area contributed by atoms with E-state index in [1.165, 1.54) is 7.11 Å². The maximum absolute atomic E-state index is 12.6. The van der Waals surface area contributed by atoms with Crippen molar-refractivity contribution in [2.45, 2.75) is 97.0 Å². The van der Waals surface area contributed by atoms with Gasteiger partial charge in [0, 0.05) is 19.4 Å². The third-order valence-electron chi connectivity index (χ3n) is 4.12. The average molecular weight is 505 g/mol. The summed E-state index contributed by atoms with van der Waals surface area (Å²) in [6, 6.07) is -1.07. The van der Waals surface area contributed by atoms with Crippen LogP contribution in [0.15, 0.2) is 0 Å². The van der Waals surface area contributed by atoms with E-state index in [0.717, 1.165) is 7.11 Å². The Kier molecular flexibility index (Phi) is 13.7. The molecule has 2 unspecified atom stereocenters. The number of ether oxygens (including phenoxy) is 5. The number of rotatable bonds is 12. The zero-order valence-corrected chi connectivity index (χ0v) is 22.0. The molecule has 0 rings (SSSR count). The van der Waals surface area contributed by atoms with Crippen LogP contribution in [0.5, 0.6) is 0 Å². The van der Waals surface area contributed by atoms with E-state index in [9.17, 15) is 24.0 Å². The highest BCUT2D eigenvalue weighted by Gasteiger charge is 2.30. The van der Waals surface area contributed by atoms with Crippen LogP contribution in [0.2, 0.25) is 0 Å². The number of esters is 3. The minimum atomic E-state index is -1.36. The first-order valence-corrected chi connectivity index (χ1v) is 11.4. The molecule has 0 spiro atoms. The molecule has 2 atom stereocenters. The second-order valence-electron chi connectivity index (χ2n) is 9.69. The van der Waals surface area contributed by atoms with Gasteiger partial charge in [-0.05, 0) is 60.8 Å². The van der Waals surface area contributed by atoms with Crippen molar-refractivity contribution in [3.63, 3.8) is 0 Å². The van der Waals surface area contributed by atoms with Gasteiger partial charge in [0.2, 0.25) is 6.10 Å². The van der Waals surface area contributed by atoms with Crippen LogP contribution in [0.3, 0.4) is 0 Å². The largest absolute Gasteiger partial charge is 0.469 e. The molecule has 202 valence electrons. The van der Waals surface area contributed by atoms with E-state index in [2.05, 4.69) is 20.1 Å². The van der Waals surface area contributed by atoms with Crippen LogP contribution >= 0.6 is 0 Å². The first-order chi connectivity index (χ1) is 16.1. The molecule has 2 amide bonds. The molecular weight excluding hydrogens is 464 g/mol. The third-order valence-corrected chi connectivity index (χ3v) is 4.12. The van der Waals surface area contributed by atoms with Gasteiger partial charge in [0.15, 0.2) is 0 Å². The van der Waals surface area contributed by atoms with Crippen LogP contribution in [0, 0.1) is 0 Å². The number of hydrogen-bond donors (Lipinski definition) is 2. The van der Waals surface area contributed by atoms with Crippen molar-refractivity contribution in [2.75, 3.05) is 20.8 Å². The van der Waals surface area contributed by atoms with Crippen LogP contribution in [0.1, 0.15) is 73.6 Å². The van der Waals surface area contributed by atoms with Crippen LogP contribution in [0.4, 0.5) is 9.59 Å². The SMILES string of the molecule is COC(=O)CCC(OC(=O)NC(CCCCNC(=O)OC(C)(C)C)C(=O)OC(C)(C)C)C(=O)OC. The van der Waals surface area contributed by atoms with Crippen molar-refractivity contribution in [2.24, 2.45) is 0 Å². The molecule has 0 aliphatic rings. The normalized spacial score (nSPS) is 13.0. The van der Waals surface area contributed by atoms with Crippen molar-refractivity contribution in [3.8, 4) is 0 Å². The van der Waals surface area contributed by atoms with Gasteiger partial charge in [-0.1, -0.05) is 0 Å². The number of carbonyl (C=O) groups excluding carboxylic acids is 5. The van der Waals surface area contributed by atoms with Crippen LogP contribution < -0.4 is 10.6 Å². The molecule has 0 fully saturated rings. The fraction of sp³-hybridized carbons (Fsp3) is 0.783. The molecule has 2 N–H and O–H groups in total.